The summed E-state index contributed by atoms with van der Waals surface area (Å²) in [7, 11) is 0. The first-order valence-electron chi connectivity index (χ1n) is 7.52. The molecule has 2 aromatic rings. The predicted molar refractivity (Wildman–Crippen MR) is 99.2 cm³/mol. The molecule has 3 nitrogen and oxygen atoms in total. The minimum Gasteiger partial charge on any atom is -0.324 e. The largest absolute Gasteiger partial charge is 0.398 e. The number of nitriles is 1. The lowest BCUT2D eigenvalue weighted by molar-refractivity contribution is -0.113. The van der Waals surface area contributed by atoms with Crippen LogP contribution in [0.1, 0.15) is 11.1 Å². The molecule has 0 aliphatic rings. The van der Waals surface area contributed by atoms with Crippen molar-refractivity contribution < 1.29 is 18.0 Å². The van der Waals surface area contributed by atoms with E-state index in [0.29, 0.717) is 33.7 Å². The van der Waals surface area contributed by atoms with E-state index in [4.69, 9.17) is 5.26 Å². The number of carbonyl (C=O) groups is 1. The molecular weight excluding hydrogens is 381 g/mol. The van der Waals surface area contributed by atoms with E-state index in [1.165, 1.54) is 11.8 Å². The van der Waals surface area contributed by atoms with Crippen molar-refractivity contribution >= 4 is 35.1 Å². The predicted octanol–water partition coefficient (Wildman–Crippen LogP) is 5.08. The minimum atomic E-state index is -4.27. The number of alkyl halides is 3. The molecule has 0 fully saturated rings. The summed E-state index contributed by atoms with van der Waals surface area (Å²) in [6, 6.07) is 15.5. The van der Waals surface area contributed by atoms with Crippen LogP contribution in [0.25, 0.3) is 0 Å². The maximum Gasteiger partial charge on any atom is 0.398 e. The number of halogens is 3. The summed E-state index contributed by atoms with van der Waals surface area (Å²) in [4.78, 5) is 12.4. The van der Waals surface area contributed by atoms with Gasteiger partial charge in [0.2, 0.25) is 5.91 Å². The van der Waals surface area contributed by atoms with Crippen molar-refractivity contribution in [2.75, 3.05) is 16.8 Å². The molecule has 0 saturated carbocycles. The Kier molecular flexibility index (Phi) is 7.42. The molecular formula is C18H15F3N2OS2. The van der Waals surface area contributed by atoms with Gasteiger partial charge in [-0.25, -0.2) is 0 Å². The number of nitrogens with zero attached hydrogens (tertiary/aromatic N) is 1. The van der Waals surface area contributed by atoms with Crippen LogP contribution in [0.2, 0.25) is 0 Å². The molecule has 0 bridgehead atoms. The van der Waals surface area contributed by atoms with Gasteiger partial charge in [0.15, 0.2) is 0 Å². The van der Waals surface area contributed by atoms with Crippen molar-refractivity contribution in [3.63, 3.8) is 0 Å². The van der Waals surface area contributed by atoms with E-state index in [0.717, 1.165) is 5.56 Å². The van der Waals surface area contributed by atoms with Gasteiger partial charge in [0.05, 0.1) is 28.8 Å². The Bertz CT molecular complexity index is 786. The molecule has 0 aliphatic heterocycles. The Morgan fingerprint density at radius 2 is 1.81 bits per heavy atom. The molecule has 0 aliphatic carbocycles. The van der Waals surface area contributed by atoms with Gasteiger partial charge in [-0.3, -0.25) is 4.79 Å². The van der Waals surface area contributed by atoms with E-state index in [1.807, 2.05) is 18.2 Å². The molecule has 0 unspecified atom stereocenters. The van der Waals surface area contributed by atoms with Crippen molar-refractivity contribution in [3.8, 4) is 6.07 Å². The molecule has 1 N–H and O–H groups in total. The highest BCUT2D eigenvalue weighted by atomic mass is 32.2. The fourth-order valence-electron chi connectivity index (χ4n) is 1.98. The maximum absolute atomic E-state index is 12.4. The van der Waals surface area contributed by atoms with Gasteiger partial charge in [-0.1, -0.05) is 24.3 Å². The summed E-state index contributed by atoms with van der Waals surface area (Å²) in [5, 5.41) is 11.4. The fraction of sp³-hybridized carbons (Fsp3) is 0.222. The zero-order valence-corrected chi connectivity index (χ0v) is 15.2. The third-order valence-corrected chi connectivity index (χ3v) is 5.28. The number of thioether (sulfide) groups is 2. The van der Waals surface area contributed by atoms with Gasteiger partial charge in [0, 0.05) is 10.6 Å². The average Bonchev–Trinajstić information content (AvgIpc) is 2.61. The monoisotopic (exact) mass is 396 g/mol. The number of anilines is 1. The Morgan fingerprint density at radius 3 is 2.46 bits per heavy atom. The quantitative estimate of drug-likeness (QED) is 0.663. The molecule has 2 rings (SSSR count). The number of hydrogen-bond acceptors (Lipinski definition) is 4. The van der Waals surface area contributed by atoms with Gasteiger partial charge in [0.1, 0.15) is 0 Å². The van der Waals surface area contributed by atoms with Crippen LogP contribution < -0.4 is 5.32 Å². The fourth-order valence-corrected chi connectivity index (χ4v) is 3.54. The zero-order chi connectivity index (χ0) is 19.0. The lowest BCUT2D eigenvalue weighted by Gasteiger charge is -2.12. The van der Waals surface area contributed by atoms with Crippen LogP contribution in [0.3, 0.4) is 0 Å². The highest BCUT2D eigenvalue weighted by Gasteiger charge is 2.27. The molecule has 0 radical (unpaired) electrons. The standard InChI is InChI=1S/C18H15F3N2OS2/c19-18(20,21)12-26-16-4-2-1-3-15(16)23-17(24)11-25-10-14-7-5-13(9-22)6-8-14/h1-8H,10-12H2,(H,23,24). The van der Waals surface area contributed by atoms with Gasteiger partial charge >= 0.3 is 6.18 Å². The second kappa shape index (κ2) is 9.55. The Balaban J connectivity index is 1.84. The third-order valence-electron chi connectivity index (χ3n) is 3.14. The van der Waals surface area contributed by atoms with Crippen LogP contribution in [0, 0.1) is 11.3 Å². The second-order valence-corrected chi connectivity index (χ2v) is 7.25. The maximum atomic E-state index is 12.4. The molecule has 0 aromatic heterocycles. The number of benzene rings is 2. The van der Waals surface area contributed by atoms with Crippen molar-refractivity contribution in [2.45, 2.75) is 16.8 Å². The average molecular weight is 396 g/mol. The highest BCUT2D eigenvalue weighted by molar-refractivity contribution is 7.99. The molecule has 2 aromatic carbocycles. The highest BCUT2D eigenvalue weighted by Crippen LogP contribution is 2.32. The Hall–Kier alpha value is -2.11. The normalized spacial score (nSPS) is 11.0. The van der Waals surface area contributed by atoms with Crippen LogP contribution in [0.15, 0.2) is 53.4 Å². The van der Waals surface area contributed by atoms with E-state index in [2.05, 4.69) is 5.32 Å². The summed E-state index contributed by atoms with van der Waals surface area (Å²) < 4.78 is 37.1. The molecule has 26 heavy (non-hydrogen) atoms. The van der Waals surface area contributed by atoms with Crippen LogP contribution in [-0.4, -0.2) is 23.6 Å². The molecule has 1 amide bonds. The van der Waals surface area contributed by atoms with Gasteiger partial charge in [-0.2, -0.15) is 18.4 Å². The van der Waals surface area contributed by atoms with E-state index >= 15 is 0 Å². The molecule has 0 atom stereocenters. The van der Waals surface area contributed by atoms with E-state index in [1.54, 1.807) is 36.4 Å². The van der Waals surface area contributed by atoms with Crippen LogP contribution >= 0.6 is 23.5 Å². The van der Waals surface area contributed by atoms with Crippen molar-refractivity contribution in [1.82, 2.24) is 0 Å². The van der Waals surface area contributed by atoms with Crippen LogP contribution in [0.5, 0.6) is 0 Å². The molecule has 8 heteroatoms. The molecule has 0 heterocycles. The van der Waals surface area contributed by atoms with Crippen molar-refractivity contribution in [3.05, 3.63) is 59.7 Å². The SMILES string of the molecule is N#Cc1ccc(CSCC(=O)Nc2ccccc2SCC(F)(F)F)cc1. The Labute approximate surface area is 158 Å². The minimum absolute atomic E-state index is 0.179. The Morgan fingerprint density at radius 1 is 1.12 bits per heavy atom. The number of hydrogen-bond donors (Lipinski definition) is 1. The lowest BCUT2D eigenvalue weighted by Crippen LogP contribution is -2.15. The van der Waals surface area contributed by atoms with Gasteiger partial charge in [-0.05, 0) is 29.8 Å². The van der Waals surface area contributed by atoms with Crippen molar-refractivity contribution in [1.29, 1.82) is 5.26 Å². The summed E-state index contributed by atoms with van der Waals surface area (Å²) in [6.45, 7) is 0. The van der Waals surface area contributed by atoms with Gasteiger partial charge in [0.25, 0.3) is 0 Å². The molecule has 0 spiro atoms. The first-order valence-corrected chi connectivity index (χ1v) is 9.66. The van der Waals surface area contributed by atoms with Crippen LogP contribution in [-0.2, 0) is 10.5 Å². The smallest absolute Gasteiger partial charge is 0.324 e. The number of carbonyl (C=O) groups excluding carboxylic acids is 1. The summed E-state index contributed by atoms with van der Waals surface area (Å²) >= 11 is 2.04. The molecule has 0 saturated heterocycles. The van der Waals surface area contributed by atoms with Gasteiger partial charge < -0.3 is 5.32 Å². The molecule has 136 valence electrons. The van der Waals surface area contributed by atoms with Gasteiger partial charge in [-0.15, -0.1) is 23.5 Å². The third kappa shape index (κ3) is 7.02. The number of nitrogens with one attached hydrogen (secondary N) is 1. The van der Waals surface area contributed by atoms with E-state index in [-0.39, 0.29) is 11.7 Å². The van der Waals surface area contributed by atoms with E-state index < -0.39 is 11.9 Å². The summed E-state index contributed by atoms with van der Waals surface area (Å²) in [6.07, 6.45) is -4.27. The van der Waals surface area contributed by atoms with Crippen LogP contribution in [0.4, 0.5) is 18.9 Å². The number of amides is 1. The first-order chi connectivity index (χ1) is 12.4. The first kappa shape index (κ1) is 20.2. The topological polar surface area (TPSA) is 52.9 Å². The summed E-state index contributed by atoms with van der Waals surface area (Å²) in [5.74, 6) is -0.501. The number of rotatable bonds is 7. The van der Waals surface area contributed by atoms with E-state index in [9.17, 15) is 18.0 Å². The lowest BCUT2D eigenvalue weighted by atomic mass is 10.2. The zero-order valence-electron chi connectivity index (χ0n) is 13.5. The summed E-state index contributed by atoms with van der Waals surface area (Å²) in [5.41, 5.74) is 1.94. The second-order valence-electron chi connectivity index (χ2n) is 5.25. The van der Waals surface area contributed by atoms with Crippen molar-refractivity contribution in [2.24, 2.45) is 0 Å². The number of para-hydroxylation sites is 1.